The highest BCUT2D eigenvalue weighted by Gasteiger charge is 2.11. The molecule has 0 radical (unpaired) electrons. The maximum absolute atomic E-state index is 12.6. The molecule has 0 saturated carbocycles. The van der Waals surface area contributed by atoms with Crippen LogP contribution in [-0.4, -0.2) is 17.2 Å². The van der Waals surface area contributed by atoms with Gasteiger partial charge in [-0.15, -0.1) is 0 Å². The molecule has 0 unspecified atom stereocenters. The van der Waals surface area contributed by atoms with Crippen LogP contribution in [0.5, 0.6) is 0 Å². The number of hydrogen-bond acceptors (Lipinski definition) is 3. The molecular formula is C36H46N2O. The summed E-state index contributed by atoms with van der Waals surface area (Å²) in [7, 11) is 0. The van der Waals surface area contributed by atoms with E-state index >= 15 is 0 Å². The van der Waals surface area contributed by atoms with Gasteiger partial charge in [-0.25, -0.2) is 0 Å². The minimum absolute atomic E-state index is 0.0280. The number of carbonyl (C=O) groups excluding carboxylic acids is 1. The second kappa shape index (κ2) is 21.0. The number of ketones is 1. The first kappa shape index (κ1) is 33.1. The van der Waals surface area contributed by atoms with Gasteiger partial charge in [-0.1, -0.05) is 155 Å². The van der Waals surface area contributed by atoms with Crippen LogP contribution >= 0.6 is 0 Å². The van der Waals surface area contributed by atoms with Crippen LogP contribution in [0, 0.1) is 6.92 Å². The molecule has 2 N–H and O–H groups in total. The summed E-state index contributed by atoms with van der Waals surface area (Å²) in [5.41, 5.74) is 11.5. The van der Waals surface area contributed by atoms with Crippen molar-refractivity contribution in [2.45, 2.75) is 54.1 Å². The average Bonchev–Trinajstić information content (AvgIpc) is 2.97. The Morgan fingerprint density at radius 2 is 0.974 bits per heavy atom. The Hall–Kier alpha value is -3.95. The lowest BCUT2D eigenvalue weighted by Gasteiger charge is -2.21. The zero-order valence-electron chi connectivity index (χ0n) is 24.4. The first-order chi connectivity index (χ1) is 19.1. The maximum Gasteiger partial charge on any atom is 0.171 e. The summed E-state index contributed by atoms with van der Waals surface area (Å²) in [6, 6.07) is 40.7. The molecule has 0 atom stereocenters. The van der Waals surface area contributed by atoms with Crippen molar-refractivity contribution in [3.8, 4) is 0 Å². The molecule has 0 aromatic heterocycles. The number of rotatable bonds is 9. The number of nitrogens with zero attached hydrogens (tertiary/aromatic N) is 1. The number of carbonyl (C=O) groups is 1. The molecule has 0 spiro atoms. The highest BCUT2D eigenvalue weighted by atomic mass is 16.1. The van der Waals surface area contributed by atoms with Gasteiger partial charge in [-0.2, -0.15) is 0 Å². The highest BCUT2D eigenvalue weighted by Crippen LogP contribution is 2.11. The minimum atomic E-state index is 0.0280. The van der Waals surface area contributed by atoms with Crippen molar-refractivity contribution in [1.82, 2.24) is 4.90 Å². The number of aryl methyl sites for hydroxylation is 1. The Labute approximate surface area is 237 Å². The maximum atomic E-state index is 12.6. The van der Waals surface area contributed by atoms with Crippen LogP contribution in [0.2, 0.25) is 0 Å². The third-order valence-corrected chi connectivity index (χ3v) is 5.42. The zero-order valence-corrected chi connectivity index (χ0v) is 24.4. The highest BCUT2D eigenvalue weighted by molar-refractivity contribution is 5.92. The van der Waals surface area contributed by atoms with Gasteiger partial charge in [-0.05, 0) is 23.6 Å². The van der Waals surface area contributed by atoms with Crippen LogP contribution in [0.15, 0.2) is 133 Å². The summed E-state index contributed by atoms with van der Waals surface area (Å²) < 4.78 is 0. The summed E-state index contributed by atoms with van der Waals surface area (Å²) in [6.45, 7) is 11.8. The molecule has 0 aliphatic rings. The van der Waals surface area contributed by atoms with Crippen LogP contribution in [0.4, 0.5) is 0 Å². The molecule has 206 valence electrons. The predicted octanol–water partition coefficient (Wildman–Crippen LogP) is 8.39. The fourth-order valence-corrected chi connectivity index (χ4v) is 3.74. The quantitative estimate of drug-likeness (QED) is 0.225. The Morgan fingerprint density at radius 3 is 1.33 bits per heavy atom. The van der Waals surface area contributed by atoms with Gasteiger partial charge in [0.2, 0.25) is 0 Å². The van der Waals surface area contributed by atoms with Crippen molar-refractivity contribution in [2.24, 2.45) is 5.73 Å². The first-order valence-corrected chi connectivity index (χ1v) is 13.9. The van der Waals surface area contributed by atoms with E-state index in [4.69, 9.17) is 5.73 Å². The Kier molecular flexibility index (Phi) is 17.8. The van der Waals surface area contributed by atoms with Crippen molar-refractivity contribution in [3.63, 3.8) is 0 Å². The van der Waals surface area contributed by atoms with E-state index in [2.05, 4.69) is 48.2 Å². The number of benzene rings is 4. The van der Waals surface area contributed by atoms with E-state index in [1.165, 1.54) is 16.7 Å². The smallest absolute Gasteiger partial charge is 0.171 e. The van der Waals surface area contributed by atoms with Crippen LogP contribution in [0.25, 0.3) is 0 Å². The molecular weight excluding hydrogens is 476 g/mol. The van der Waals surface area contributed by atoms with Crippen LogP contribution in [0.3, 0.4) is 0 Å². The summed E-state index contributed by atoms with van der Waals surface area (Å²) in [6.07, 6.45) is 2.17. The lowest BCUT2D eigenvalue weighted by atomic mass is 10.1. The van der Waals surface area contributed by atoms with Crippen LogP contribution in [-0.2, 0) is 24.3 Å². The van der Waals surface area contributed by atoms with Gasteiger partial charge >= 0.3 is 0 Å². The molecule has 4 rings (SSSR count). The van der Waals surface area contributed by atoms with Crippen molar-refractivity contribution in [1.29, 1.82) is 0 Å². The molecule has 4 aromatic carbocycles. The molecule has 0 aliphatic heterocycles. The van der Waals surface area contributed by atoms with Gasteiger partial charge in [0.05, 0.1) is 6.54 Å². The Bertz CT molecular complexity index is 1120. The lowest BCUT2D eigenvalue weighted by Crippen LogP contribution is -2.29. The van der Waals surface area contributed by atoms with E-state index in [0.717, 1.165) is 5.56 Å². The summed E-state index contributed by atoms with van der Waals surface area (Å²) in [5.74, 6) is 0.0280. The number of allylic oxidation sites excluding steroid dienone is 1. The monoisotopic (exact) mass is 522 g/mol. The van der Waals surface area contributed by atoms with Gasteiger partial charge in [0.15, 0.2) is 5.78 Å². The van der Waals surface area contributed by atoms with E-state index in [9.17, 15) is 4.79 Å². The first-order valence-electron chi connectivity index (χ1n) is 13.9. The molecule has 0 aliphatic carbocycles. The second-order valence-corrected chi connectivity index (χ2v) is 8.62. The third kappa shape index (κ3) is 15.1. The average molecular weight is 523 g/mol. The van der Waals surface area contributed by atoms with E-state index in [0.29, 0.717) is 31.8 Å². The minimum Gasteiger partial charge on any atom is -0.402 e. The van der Waals surface area contributed by atoms with Crippen LogP contribution in [0.1, 0.15) is 49.9 Å². The Balaban J connectivity index is 0.000000585. The number of hydrogen-bond donors (Lipinski definition) is 1. The zero-order chi connectivity index (χ0) is 28.7. The van der Waals surface area contributed by atoms with Gasteiger partial charge in [0.25, 0.3) is 0 Å². The Morgan fingerprint density at radius 1 is 0.615 bits per heavy atom. The normalized spacial score (nSPS) is 10.2. The van der Waals surface area contributed by atoms with Gasteiger partial charge in [0.1, 0.15) is 0 Å². The van der Waals surface area contributed by atoms with E-state index in [1.54, 1.807) is 6.08 Å². The van der Waals surface area contributed by atoms with E-state index in [-0.39, 0.29) is 5.78 Å². The molecule has 3 heteroatoms. The van der Waals surface area contributed by atoms with Crippen molar-refractivity contribution < 1.29 is 4.79 Å². The molecule has 0 heterocycles. The largest absolute Gasteiger partial charge is 0.402 e. The van der Waals surface area contributed by atoms with Gasteiger partial charge in [0, 0.05) is 31.3 Å². The third-order valence-electron chi connectivity index (χ3n) is 5.42. The van der Waals surface area contributed by atoms with E-state index < -0.39 is 0 Å². The molecule has 39 heavy (non-hydrogen) atoms. The fraction of sp³-hybridized carbons (Fsp3) is 0.250. The molecule has 0 bridgehead atoms. The van der Waals surface area contributed by atoms with Crippen LogP contribution < -0.4 is 5.73 Å². The molecule has 0 saturated heterocycles. The molecule has 0 amide bonds. The van der Waals surface area contributed by atoms with Gasteiger partial charge in [-0.3, -0.25) is 9.69 Å². The van der Waals surface area contributed by atoms with Crippen molar-refractivity contribution in [3.05, 3.63) is 155 Å². The second-order valence-electron chi connectivity index (χ2n) is 8.62. The predicted molar refractivity (Wildman–Crippen MR) is 168 cm³/mol. The molecule has 0 fully saturated rings. The topological polar surface area (TPSA) is 46.3 Å². The van der Waals surface area contributed by atoms with Crippen molar-refractivity contribution in [2.75, 3.05) is 6.54 Å². The standard InChI is InChI=1S/C25H26N2O.C7H8.2C2H6/c26-24(16-21-10-4-1-5-11-21)17-25(28)20-27(18-22-12-6-2-7-13-22)19-23-14-8-3-9-15-23;1-7-5-3-2-4-6-7;2*1-2/h1-15,17H,16,18-20,26H2;2-6H,1H3;2*1-2H3/b24-17-;;;. The lowest BCUT2D eigenvalue weighted by molar-refractivity contribution is -0.116. The molecule has 3 nitrogen and oxygen atoms in total. The van der Waals surface area contributed by atoms with Gasteiger partial charge < -0.3 is 5.73 Å². The SMILES string of the molecule is CC.CC.Cc1ccccc1.N/C(=C\C(=O)CN(Cc1ccccc1)Cc1ccccc1)Cc1ccccc1. The van der Waals surface area contributed by atoms with Crippen molar-refractivity contribution >= 4 is 5.78 Å². The summed E-state index contributed by atoms with van der Waals surface area (Å²) in [4.78, 5) is 14.8. The fourth-order valence-electron chi connectivity index (χ4n) is 3.74. The summed E-state index contributed by atoms with van der Waals surface area (Å²) in [5, 5.41) is 0. The summed E-state index contributed by atoms with van der Waals surface area (Å²) >= 11 is 0. The number of nitrogens with two attached hydrogens (primary N) is 1. The molecule has 4 aromatic rings. The van der Waals surface area contributed by atoms with E-state index in [1.807, 2.05) is 113 Å².